The fourth-order valence-electron chi connectivity index (χ4n) is 2.54. The average molecular weight is 351 g/mol. The number of aryl methyl sites for hydroxylation is 2. The Balaban J connectivity index is 1.53. The van der Waals surface area contributed by atoms with Gasteiger partial charge in [0.05, 0.1) is 7.11 Å². The Morgan fingerprint density at radius 2 is 2.00 bits per heavy atom. The van der Waals surface area contributed by atoms with E-state index in [4.69, 9.17) is 9.15 Å². The minimum absolute atomic E-state index is 0.0469. The molecule has 0 bridgehead atoms. The van der Waals surface area contributed by atoms with Gasteiger partial charge in [0, 0.05) is 24.9 Å². The van der Waals surface area contributed by atoms with Crippen LogP contribution in [0.2, 0.25) is 0 Å². The number of carbonyl (C=O) groups excluding carboxylic acids is 1. The molecule has 1 N–H and O–H groups in total. The van der Waals surface area contributed by atoms with Crippen molar-refractivity contribution in [2.24, 2.45) is 0 Å². The Bertz CT molecular complexity index is 889. The van der Waals surface area contributed by atoms with Crippen molar-refractivity contribution in [2.75, 3.05) is 7.11 Å². The Kier molecular flexibility index (Phi) is 5.63. The number of hydrogen-bond acceptors (Lipinski definition) is 5. The van der Waals surface area contributed by atoms with Gasteiger partial charge in [0.25, 0.3) is 0 Å². The lowest BCUT2D eigenvalue weighted by molar-refractivity contribution is -0.121. The first-order chi connectivity index (χ1) is 12.7. The Morgan fingerprint density at radius 1 is 1.15 bits per heavy atom. The zero-order valence-corrected chi connectivity index (χ0v) is 14.9. The van der Waals surface area contributed by atoms with Crippen LogP contribution in [0.4, 0.5) is 0 Å². The van der Waals surface area contributed by atoms with Crippen molar-refractivity contribution < 1.29 is 13.9 Å². The molecule has 0 aliphatic heterocycles. The van der Waals surface area contributed by atoms with Crippen LogP contribution < -0.4 is 10.1 Å². The maximum Gasteiger partial charge on any atom is 0.247 e. The van der Waals surface area contributed by atoms with Crippen LogP contribution >= 0.6 is 0 Å². The van der Waals surface area contributed by atoms with E-state index in [2.05, 4.69) is 15.5 Å². The molecule has 6 heteroatoms. The van der Waals surface area contributed by atoms with Crippen molar-refractivity contribution >= 4 is 5.91 Å². The molecule has 0 saturated heterocycles. The molecule has 0 saturated carbocycles. The van der Waals surface area contributed by atoms with Gasteiger partial charge < -0.3 is 14.5 Å². The van der Waals surface area contributed by atoms with E-state index in [0.717, 1.165) is 22.4 Å². The number of ether oxygens (including phenoxy) is 1. The smallest absolute Gasteiger partial charge is 0.247 e. The number of methoxy groups -OCH3 is 1. The van der Waals surface area contributed by atoms with Crippen LogP contribution in [0.25, 0.3) is 11.5 Å². The van der Waals surface area contributed by atoms with Gasteiger partial charge in [-0.25, -0.2) is 0 Å². The molecule has 0 atom stereocenters. The van der Waals surface area contributed by atoms with E-state index < -0.39 is 0 Å². The number of nitrogens with zero attached hydrogens (tertiary/aromatic N) is 2. The predicted octanol–water partition coefficient (Wildman–Crippen LogP) is 3.30. The van der Waals surface area contributed by atoms with Crippen molar-refractivity contribution in [2.45, 2.75) is 26.3 Å². The second-order valence-electron chi connectivity index (χ2n) is 5.94. The zero-order valence-electron chi connectivity index (χ0n) is 14.9. The highest BCUT2D eigenvalue weighted by atomic mass is 16.5. The first kappa shape index (κ1) is 17.7. The fraction of sp³-hybridized carbons (Fsp3) is 0.250. The standard InChI is InChI=1S/C20H21N3O3/c1-14-6-3-4-7-16(14)13-21-18(24)10-11-19-22-23-20(26-19)15-8-5-9-17(12-15)25-2/h3-9,12H,10-11,13H2,1-2H3,(H,21,24). The number of nitrogens with one attached hydrogen (secondary N) is 1. The molecule has 1 aromatic heterocycles. The Morgan fingerprint density at radius 3 is 2.81 bits per heavy atom. The van der Waals surface area contributed by atoms with Gasteiger partial charge in [0.15, 0.2) is 0 Å². The van der Waals surface area contributed by atoms with Crippen LogP contribution in [-0.4, -0.2) is 23.2 Å². The third kappa shape index (κ3) is 4.47. The van der Waals surface area contributed by atoms with Gasteiger partial charge >= 0.3 is 0 Å². The number of amides is 1. The molecule has 0 radical (unpaired) electrons. The van der Waals surface area contributed by atoms with E-state index in [0.29, 0.717) is 31.2 Å². The van der Waals surface area contributed by atoms with Crippen LogP contribution in [-0.2, 0) is 17.8 Å². The van der Waals surface area contributed by atoms with Crippen molar-refractivity contribution in [3.05, 3.63) is 65.5 Å². The predicted molar refractivity (Wildman–Crippen MR) is 97.6 cm³/mol. The summed E-state index contributed by atoms with van der Waals surface area (Å²) in [5, 5.41) is 11.0. The summed E-state index contributed by atoms with van der Waals surface area (Å²) in [7, 11) is 1.61. The summed E-state index contributed by atoms with van der Waals surface area (Å²) in [6.07, 6.45) is 0.697. The second-order valence-corrected chi connectivity index (χ2v) is 5.94. The summed E-state index contributed by atoms with van der Waals surface area (Å²) in [6.45, 7) is 2.55. The fourth-order valence-corrected chi connectivity index (χ4v) is 2.54. The molecule has 0 fully saturated rings. The average Bonchev–Trinajstić information content (AvgIpc) is 3.15. The van der Waals surface area contributed by atoms with E-state index in [-0.39, 0.29) is 5.91 Å². The lowest BCUT2D eigenvalue weighted by atomic mass is 10.1. The largest absolute Gasteiger partial charge is 0.497 e. The molecule has 26 heavy (non-hydrogen) atoms. The SMILES string of the molecule is COc1cccc(-c2nnc(CCC(=O)NCc3ccccc3C)o2)c1. The molecule has 0 aliphatic rings. The molecule has 2 aromatic carbocycles. The number of rotatable bonds is 7. The van der Waals surface area contributed by atoms with E-state index in [9.17, 15) is 4.79 Å². The van der Waals surface area contributed by atoms with Crippen LogP contribution in [0.1, 0.15) is 23.4 Å². The van der Waals surface area contributed by atoms with Crippen LogP contribution in [0, 0.1) is 6.92 Å². The molecule has 134 valence electrons. The summed E-state index contributed by atoms with van der Waals surface area (Å²) < 4.78 is 10.8. The molecular formula is C20H21N3O3. The van der Waals surface area contributed by atoms with E-state index >= 15 is 0 Å². The van der Waals surface area contributed by atoms with Gasteiger partial charge in [0.2, 0.25) is 17.7 Å². The molecule has 0 spiro atoms. The van der Waals surface area contributed by atoms with Gasteiger partial charge in [-0.15, -0.1) is 10.2 Å². The van der Waals surface area contributed by atoms with Gasteiger partial charge in [0.1, 0.15) is 5.75 Å². The number of carbonyl (C=O) groups is 1. The molecule has 0 unspecified atom stereocenters. The van der Waals surface area contributed by atoms with Crippen LogP contribution in [0.5, 0.6) is 5.75 Å². The first-order valence-corrected chi connectivity index (χ1v) is 8.43. The van der Waals surface area contributed by atoms with Crippen molar-refractivity contribution in [3.8, 4) is 17.2 Å². The monoisotopic (exact) mass is 351 g/mol. The zero-order chi connectivity index (χ0) is 18.4. The van der Waals surface area contributed by atoms with Crippen LogP contribution in [0.15, 0.2) is 52.9 Å². The number of hydrogen-bond donors (Lipinski definition) is 1. The maximum absolute atomic E-state index is 12.0. The molecule has 0 aliphatic carbocycles. The summed E-state index contributed by atoms with van der Waals surface area (Å²) >= 11 is 0. The second kappa shape index (κ2) is 8.29. The van der Waals surface area contributed by atoms with Crippen molar-refractivity contribution in [3.63, 3.8) is 0 Å². The highest BCUT2D eigenvalue weighted by Crippen LogP contribution is 2.22. The molecule has 6 nitrogen and oxygen atoms in total. The minimum atomic E-state index is -0.0469. The summed E-state index contributed by atoms with van der Waals surface area (Å²) in [5.74, 6) is 1.53. The Hall–Kier alpha value is -3.15. The van der Waals surface area contributed by atoms with E-state index in [1.54, 1.807) is 7.11 Å². The third-order valence-electron chi connectivity index (χ3n) is 4.09. The lowest BCUT2D eigenvalue weighted by Gasteiger charge is -2.07. The molecular weight excluding hydrogens is 330 g/mol. The van der Waals surface area contributed by atoms with Gasteiger partial charge in [-0.1, -0.05) is 30.3 Å². The van der Waals surface area contributed by atoms with Crippen LogP contribution in [0.3, 0.4) is 0 Å². The number of benzene rings is 2. The summed E-state index contributed by atoms with van der Waals surface area (Å²) in [5.41, 5.74) is 3.05. The normalized spacial score (nSPS) is 10.5. The van der Waals surface area contributed by atoms with Gasteiger partial charge in [-0.2, -0.15) is 0 Å². The van der Waals surface area contributed by atoms with Crippen molar-refractivity contribution in [1.29, 1.82) is 0 Å². The number of aromatic nitrogens is 2. The highest BCUT2D eigenvalue weighted by molar-refractivity contribution is 5.76. The summed E-state index contributed by atoms with van der Waals surface area (Å²) in [6, 6.07) is 15.4. The minimum Gasteiger partial charge on any atom is -0.497 e. The van der Waals surface area contributed by atoms with Crippen molar-refractivity contribution in [1.82, 2.24) is 15.5 Å². The van der Waals surface area contributed by atoms with Gasteiger partial charge in [-0.3, -0.25) is 4.79 Å². The third-order valence-corrected chi connectivity index (χ3v) is 4.09. The maximum atomic E-state index is 12.0. The quantitative estimate of drug-likeness (QED) is 0.707. The highest BCUT2D eigenvalue weighted by Gasteiger charge is 2.11. The van der Waals surface area contributed by atoms with E-state index in [1.807, 2.05) is 55.5 Å². The molecule has 1 heterocycles. The topological polar surface area (TPSA) is 77.2 Å². The Labute approximate surface area is 152 Å². The molecule has 3 aromatic rings. The first-order valence-electron chi connectivity index (χ1n) is 8.43. The summed E-state index contributed by atoms with van der Waals surface area (Å²) in [4.78, 5) is 12.0. The lowest BCUT2D eigenvalue weighted by Crippen LogP contribution is -2.23. The molecule has 3 rings (SSSR count). The van der Waals surface area contributed by atoms with E-state index in [1.165, 1.54) is 0 Å². The van der Waals surface area contributed by atoms with Gasteiger partial charge in [-0.05, 0) is 36.2 Å². The molecule has 1 amide bonds.